The predicted molar refractivity (Wildman–Crippen MR) is 136 cm³/mol. The molecule has 0 saturated carbocycles. The van der Waals surface area contributed by atoms with Crippen LogP contribution in [0, 0.1) is 0 Å². The number of nitrogens with one attached hydrogen (secondary N) is 3. The molecule has 0 aliphatic heterocycles. The number of carbonyl (C=O) groups is 3. The predicted octanol–water partition coefficient (Wildman–Crippen LogP) is 3.30. The van der Waals surface area contributed by atoms with E-state index in [-0.39, 0.29) is 28.3 Å². The highest BCUT2D eigenvalue weighted by Crippen LogP contribution is 2.28. The van der Waals surface area contributed by atoms with Crippen molar-refractivity contribution in [2.24, 2.45) is 11.5 Å². The van der Waals surface area contributed by atoms with Crippen molar-refractivity contribution in [3.8, 4) is 0 Å². The maximum absolute atomic E-state index is 12.1. The Labute approximate surface area is 206 Å². The van der Waals surface area contributed by atoms with E-state index in [2.05, 4.69) is 32.5 Å². The van der Waals surface area contributed by atoms with Gasteiger partial charge in [0, 0.05) is 11.4 Å². The number of aryl methyl sites for hydroxylation is 1. The highest BCUT2D eigenvalue weighted by molar-refractivity contribution is 6.43. The Morgan fingerprint density at radius 3 is 2.57 bits per heavy atom. The first-order valence-corrected chi connectivity index (χ1v) is 11.0. The number of nitrogens with zero attached hydrogens (tertiary/aromatic N) is 2. The van der Waals surface area contributed by atoms with E-state index in [1.54, 1.807) is 24.3 Å². The lowest BCUT2D eigenvalue weighted by Gasteiger charge is -2.14. The van der Waals surface area contributed by atoms with E-state index in [1.807, 2.05) is 12.1 Å². The van der Waals surface area contributed by atoms with Crippen molar-refractivity contribution in [2.45, 2.75) is 12.8 Å². The van der Waals surface area contributed by atoms with Gasteiger partial charge in [0.15, 0.2) is 5.82 Å². The number of halogens is 1. The first-order chi connectivity index (χ1) is 16.8. The Balaban J connectivity index is 1.88. The molecule has 10 nitrogen and oxygen atoms in total. The van der Waals surface area contributed by atoms with Crippen molar-refractivity contribution in [3.63, 3.8) is 0 Å². The molecular formula is C24H24ClN7O3. The maximum atomic E-state index is 12.1. The molecule has 0 aliphatic carbocycles. The molecule has 0 unspecified atom stereocenters. The monoisotopic (exact) mass is 493 g/mol. The molecule has 35 heavy (non-hydrogen) atoms. The minimum absolute atomic E-state index is 0.0832. The fourth-order valence-corrected chi connectivity index (χ4v) is 3.30. The van der Waals surface area contributed by atoms with Crippen molar-refractivity contribution in [1.82, 2.24) is 9.97 Å². The number of anilines is 5. The normalized spacial score (nSPS) is 10.3. The van der Waals surface area contributed by atoms with Crippen LogP contribution in [0.4, 0.5) is 28.8 Å². The minimum atomic E-state index is -1.08. The number of para-hydroxylation sites is 1. The van der Waals surface area contributed by atoms with Crippen LogP contribution in [0.5, 0.6) is 0 Å². The number of ketones is 1. The molecule has 2 aromatic carbocycles. The molecule has 11 heteroatoms. The molecule has 1 heterocycles. The standard InChI is InChI=1S/C24H24ClN7O3/c1-2-20(33)30-19-12-15(10-9-14(19)6-5-11-26)29-24-28-13-17(25)23(32-24)31-18-8-4-3-7-16(18)21(34)22(27)35/h2-4,7-10,12-13H,1,5-6,11,26H2,(H2,27,35)(H,30,33)(H2,28,29,31,32). The molecule has 180 valence electrons. The van der Waals surface area contributed by atoms with E-state index < -0.39 is 11.7 Å². The number of primary amides is 1. The number of Topliss-reactive ketones (excluding diaryl/α,β-unsaturated/α-hetero) is 1. The van der Waals surface area contributed by atoms with Crippen LogP contribution in [0.15, 0.2) is 61.3 Å². The molecule has 7 N–H and O–H groups in total. The van der Waals surface area contributed by atoms with Gasteiger partial charge in [-0.2, -0.15) is 4.98 Å². The molecular weight excluding hydrogens is 470 g/mol. The van der Waals surface area contributed by atoms with Crippen molar-refractivity contribution in [2.75, 3.05) is 22.5 Å². The van der Waals surface area contributed by atoms with Gasteiger partial charge in [-0.1, -0.05) is 36.4 Å². The van der Waals surface area contributed by atoms with Gasteiger partial charge in [-0.15, -0.1) is 0 Å². The quantitative estimate of drug-likeness (QED) is 0.154. The van der Waals surface area contributed by atoms with Crippen LogP contribution in [0.2, 0.25) is 5.02 Å². The Bertz CT molecular complexity index is 1280. The van der Waals surface area contributed by atoms with Gasteiger partial charge >= 0.3 is 0 Å². The fraction of sp³-hybridized carbons (Fsp3) is 0.125. The number of benzene rings is 2. The molecule has 0 spiro atoms. The summed E-state index contributed by atoms with van der Waals surface area (Å²) >= 11 is 6.25. The van der Waals surface area contributed by atoms with Crippen molar-refractivity contribution in [1.29, 1.82) is 0 Å². The number of amides is 2. The first-order valence-electron chi connectivity index (χ1n) is 10.6. The van der Waals surface area contributed by atoms with Crippen molar-refractivity contribution in [3.05, 3.63) is 77.5 Å². The molecule has 3 aromatic rings. The zero-order valence-electron chi connectivity index (χ0n) is 18.7. The maximum Gasteiger partial charge on any atom is 0.289 e. The molecule has 0 atom stereocenters. The molecule has 0 radical (unpaired) electrons. The number of hydrogen-bond acceptors (Lipinski definition) is 8. The summed E-state index contributed by atoms with van der Waals surface area (Å²) in [6, 6.07) is 11.8. The minimum Gasteiger partial charge on any atom is -0.363 e. The highest BCUT2D eigenvalue weighted by Gasteiger charge is 2.18. The van der Waals surface area contributed by atoms with E-state index in [1.165, 1.54) is 18.3 Å². The smallest absolute Gasteiger partial charge is 0.289 e. The van der Waals surface area contributed by atoms with Gasteiger partial charge in [-0.3, -0.25) is 14.4 Å². The molecule has 2 amide bonds. The summed E-state index contributed by atoms with van der Waals surface area (Å²) in [6.45, 7) is 4.01. The van der Waals surface area contributed by atoms with E-state index in [0.717, 1.165) is 12.0 Å². The van der Waals surface area contributed by atoms with E-state index in [9.17, 15) is 14.4 Å². The van der Waals surface area contributed by atoms with Crippen LogP contribution in [0.3, 0.4) is 0 Å². The molecule has 3 rings (SSSR count). The van der Waals surface area contributed by atoms with Crippen molar-refractivity contribution >= 4 is 58.0 Å². The SMILES string of the molecule is C=CC(=O)Nc1cc(Nc2ncc(Cl)c(Nc3ccccc3C(=O)C(N)=O)n2)ccc1CCCN. The summed E-state index contributed by atoms with van der Waals surface area (Å²) in [4.78, 5) is 43.9. The van der Waals surface area contributed by atoms with E-state index >= 15 is 0 Å². The van der Waals surface area contributed by atoms with Crippen LogP contribution < -0.4 is 27.4 Å². The summed E-state index contributed by atoms with van der Waals surface area (Å²) in [7, 11) is 0. The summed E-state index contributed by atoms with van der Waals surface area (Å²) in [5.41, 5.74) is 13.3. The molecule has 0 saturated heterocycles. The topological polar surface area (TPSA) is 165 Å². The third kappa shape index (κ3) is 6.62. The van der Waals surface area contributed by atoms with Gasteiger partial charge < -0.3 is 27.4 Å². The van der Waals surface area contributed by atoms with E-state index in [4.69, 9.17) is 23.1 Å². The van der Waals surface area contributed by atoms with Gasteiger partial charge in [0.1, 0.15) is 5.02 Å². The summed E-state index contributed by atoms with van der Waals surface area (Å²) in [6.07, 6.45) is 4.03. The van der Waals surface area contributed by atoms with Gasteiger partial charge in [0.25, 0.3) is 11.7 Å². The van der Waals surface area contributed by atoms with E-state index in [0.29, 0.717) is 30.0 Å². The Morgan fingerprint density at radius 2 is 1.86 bits per heavy atom. The Hall–Kier alpha value is -4.28. The highest BCUT2D eigenvalue weighted by atomic mass is 35.5. The fourth-order valence-electron chi connectivity index (χ4n) is 3.16. The number of aromatic nitrogens is 2. The lowest BCUT2D eigenvalue weighted by atomic mass is 10.1. The van der Waals surface area contributed by atoms with Gasteiger partial charge in [0.05, 0.1) is 17.4 Å². The zero-order valence-corrected chi connectivity index (χ0v) is 19.4. The average molecular weight is 494 g/mol. The van der Waals surface area contributed by atoms with Crippen LogP contribution >= 0.6 is 11.6 Å². The molecule has 1 aromatic heterocycles. The second-order valence-corrected chi connectivity index (χ2v) is 7.74. The molecule has 0 fully saturated rings. The number of rotatable bonds is 11. The van der Waals surface area contributed by atoms with Crippen LogP contribution in [0.25, 0.3) is 0 Å². The lowest BCUT2D eigenvalue weighted by molar-refractivity contribution is -0.114. The Morgan fingerprint density at radius 1 is 1.09 bits per heavy atom. The van der Waals surface area contributed by atoms with Crippen LogP contribution in [0.1, 0.15) is 22.3 Å². The molecule has 0 bridgehead atoms. The summed E-state index contributed by atoms with van der Waals surface area (Å²) < 4.78 is 0. The number of carbonyl (C=O) groups excluding carboxylic acids is 3. The van der Waals surface area contributed by atoms with Crippen LogP contribution in [-0.4, -0.2) is 34.1 Å². The Kier molecular flexibility index (Phi) is 8.49. The summed E-state index contributed by atoms with van der Waals surface area (Å²) in [5, 5.41) is 8.99. The number of nitrogens with two attached hydrogens (primary N) is 2. The van der Waals surface area contributed by atoms with Gasteiger partial charge in [-0.05, 0) is 55.3 Å². The lowest BCUT2D eigenvalue weighted by Crippen LogP contribution is -2.23. The second kappa shape index (κ2) is 11.7. The van der Waals surface area contributed by atoms with Gasteiger partial charge in [-0.25, -0.2) is 4.98 Å². The average Bonchev–Trinajstić information content (AvgIpc) is 2.85. The summed E-state index contributed by atoms with van der Waals surface area (Å²) in [5.74, 6) is -1.86. The van der Waals surface area contributed by atoms with Gasteiger partial charge in [0.2, 0.25) is 11.9 Å². The second-order valence-electron chi connectivity index (χ2n) is 7.34. The van der Waals surface area contributed by atoms with Crippen molar-refractivity contribution < 1.29 is 14.4 Å². The largest absolute Gasteiger partial charge is 0.363 e. The zero-order chi connectivity index (χ0) is 25.4. The third-order valence-electron chi connectivity index (χ3n) is 4.85. The third-order valence-corrected chi connectivity index (χ3v) is 5.13. The van der Waals surface area contributed by atoms with Crippen LogP contribution in [-0.2, 0) is 16.0 Å². The first kappa shape index (κ1) is 25.3. The number of hydrogen-bond donors (Lipinski definition) is 5. The molecule has 0 aliphatic rings.